The molecule has 0 aromatic heterocycles. The number of aromatic carboxylic acids is 1. The fourth-order valence-electron chi connectivity index (χ4n) is 7.15. The molecule has 1 fully saturated rings. The van der Waals surface area contributed by atoms with Gasteiger partial charge in [-0.15, -0.1) is 0 Å². The van der Waals surface area contributed by atoms with Gasteiger partial charge < -0.3 is 25.3 Å². The Morgan fingerprint density at radius 3 is 2.04 bits per heavy atom. The Morgan fingerprint density at radius 1 is 0.796 bits per heavy atom. The molecule has 3 unspecified atom stereocenters. The van der Waals surface area contributed by atoms with Crippen LogP contribution in [0.4, 0.5) is 4.79 Å². The number of hydrogen-bond donors (Lipinski definition) is 5. The van der Waals surface area contributed by atoms with Gasteiger partial charge in [0.1, 0.15) is 11.5 Å². The molecule has 0 aliphatic carbocycles. The lowest BCUT2D eigenvalue weighted by atomic mass is 9.87. The molecule has 4 aromatic carbocycles. The summed E-state index contributed by atoms with van der Waals surface area (Å²) in [6.07, 6.45) is 2.28. The first-order valence-corrected chi connectivity index (χ1v) is 18.1. The molecule has 0 bridgehead atoms. The van der Waals surface area contributed by atoms with Gasteiger partial charge in [-0.25, -0.2) is 19.9 Å². The van der Waals surface area contributed by atoms with Crippen LogP contribution in [0.2, 0.25) is 0 Å². The Balaban J connectivity index is 1.45. The highest BCUT2D eigenvalue weighted by atomic mass is 16.5. The fraction of sp³-hybridized carbons (Fsp3) is 0.310. The molecule has 0 saturated carbocycles. The van der Waals surface area contributed by atoms with Crippen molar-refractivity contribution in [3.63, 3.8) is 0 Å². The SMILES string of the molecule is CCCCCN(Cc1ccc(-c2ccccc2C(=O)O)cc1)C(=O)N1CC(NC(=O)C(Cc2ccccc2)C(=O)NO)CC1(Cc1ccccc1)C(=O)O. The van der Waals surface area contributed by atoms with Crippen LogP contribution in [0, 0.1) is 5.92 Å². The number of hydroxylamine groups is 1. The maximum absolute atomic E-state index is 14.7. The van der Waals surface area contributed by atoms with Gasteiger partial charge in [0.05, 0.1) is 5.56 Å². The summed E-state index contributed by atoms with van der Waals surface area (Å²) in [5.41, 5.74) is 3.42. The summed E-state index contributed by atoms with van der Waals surface area (Å²) in [4.78, 5) is 69.4. The molecule has 4 amide bonds. The minimum absolute atomic E-state index is 0.00555. The Morgan fingerprint density at radius 2 is 1.43 bits per heavy atom. The van der Waals surface area contributed by atoms with Crippen LogP contribution in [0.15, 0.2) is 109 Å². The van der Waals surface area contributed by atoms with Gasteiger partial charge in [-0.1, -0.05) is 123 Å². The minimum atomic E-state index is -1.74. The van der Waals surface area contributed by atoms with Crippen molar-refractivity contribution in [3.05, 3.63) is 131 Å². The van der Waals surface area contributed by atoms with E-state index in [1.807, 2.05) is 25.1 Å². The van der Waals surface area contributed by atoms with Gasteiger partial charge in [-0.3, -0.25) is 14.8 Å². The van der Waals surface area contributed by atoms with Gasteiger partial charge in [-0.2, -0.15) is 0 Å². The van der Waals surface area contributed by atoms with E-state index >= 15 is 0 Å². The summed E-state index contributed by atoms with van der Waals surface area (Å²) in [5, 5.41) is 32.9. The number of urea groups is 1. The topological polar surface area (TPSA) is 177 Å². The number of likely N-dealkylation sites (tertiary alicyclic amines) is 1. The number of unbranched alkanes of at least 4 members (excludes halogenated alkanes) is 2. The average molecular weight is 735 g/mol. The second-order valence-corrected chi connectivity index (χ2v) is 13.7. The van der Waals surface area contributed by atoms with E-state index in [-0.39, 0.29) is 37.9 Å². The highest BCUT2D eigenvalue weighted by Gasteiger charge is 2.55. The molecule has 3 atom stereocenters. The molecule has 4 aromatic rings. The van der Waals surface area contributed by atoms with E-state index in [1.165, 1.54) is 4.90 Å². The zero-order valence-corrected chi connectivity index (χ0v) is 30.2. The van der Waals surface area contributed by atoms with Crippen molar-refractivity contribution in [2.45, 2.75) is 63.6 Å². The molecule has 5 N–H and O–H groups in total. The lowest BCUT2D eigenvalue weighted by molar-refractivity contribution is -0.148. The first-order valence-electron chi connectivity index (χ1n) is 18.1. The summed E-state index contributed by atoms with van der Waals surface area (Å²) in [5.74, 6) is -5.18. The Bertz CT molecular complexity index is 1920. The van der Waals surface area contributed by atoms with Gasteiger partial charge >= 0.3 is 18.0 Å². The number of benzene rings is 4. The quantitative estimate of drug-likeness (QED) is 0.0416. The number of nitrogens with one attached hydrogen (secondary N) is 2. The summed E-state index contributed by atoms with van der Waals surface area (Å²) in [6, 6.07) is 30.5. The van der Waals surface area contributed by atoms with Gasteiger partial charge in [0.2, 0.25) is 5.91 Å². The van der Waals surface area contributed by atoms with Crippen LogP contribution < -0.4 is 10.8 Å². The maximum Gasteiger partial charge on any atom is 0.336 e. The van der Waals surface area contributed by atoms with E-state index in [1.54, 1.807) is 101 Å². The molecule has 1 saturated heterocycles. The predicted octanol–water partition coefficient (Wildman–Crippen LogP) is 5.78. The second-order valence-electron chi connectivity index (χ2n) is 13.7. The van der Waals surface area contributed by atoms with Gasteiger partial charge in [0.15, 0.2) is 0 Å². The number of carboxylic acid groups (broad SMARTS) is 2. The number of rotatable bonds is 16. The van der Waals surface area contributed by atoms with Crippen LogP contribution in [-0.4, -0.2) is 79.7 Å². The van der Waals surface area contributed by atoms with Gasteiger partial charge in [0.25, 0.3) is 5.91 Å². The summed E-state index contributed by atoms with van der Waals surface area (Å²) in [7, 11) is 0. The lowest BCUT2D eigenvalue weighted by Crippen LogP contribution is -2.58. The molecule has 1 heterocycles. The molecule has 0 spiro atoms. The highest BCUT2D eigenvalue weighted by molar-refractivity contribution is 6.00. The smallest absolute Gasteiger partial charge is 0.336 e. The van der Waals surface area contributed by atoms with Crippen molar-refractivity contribution in [1.29, 1.82) is 0 Å². The van der Waals surface area contributed by atoms with Crippen LogP contribution in [0.1, 0.15) is 59.7 Å². The molecular weight excluding hydrogens is 688 g/mol. The van der Waals surface area contributed by atoms with E-state index in [4.69, 9.17) is 0 Å². The molecule has 12 heteroatoms. The minimum Gasteiger partial charge on any atom is -0.479 e. The van der Waals surface area contributed by atoms with Crippen LogP contribution in [-0.2, 0) is 33.8 Å². The number of amides is 4. The molecule has 1 aliphatic heterocycles. The molecule has 0 radical (unpaired) electrons. The fourth-order valence-corrected chi connectivity index (χ4v) is 7.15. The molecular formula is C42H46N4O8. The van der Waals surface area contributed by atoms with Gasteiger partial charge in [-0.05, 0) is 46.7 Å². The third-order valence-corrected chi connectivity index (χ3v) is 9.94. The number of carbonyl (C=O) groups excluding carboxylic acids is 3. The van der Waals surface area contributed by atoms with E-state index < -0.39 is 47.3 Å². The van der Waals surface area contributed by atoms with Crippen LogP contribution in [0.5, 0.6) is 0 Å². The number of hydrogen-bond acceptors (Lipinski definition) is 6. The molecule has 54 heavy (non-hydrogen) atoms. The first-order chi connectivity index (χ1) is 26.1. The number of carbonyl (C=O) groups is 5. The average Bonchev–Trinajstić information content (AvgIpc) is 3.55. The predicted molar refractivity (Wildman–Crippen MR) is 201 cm³/mol. The van der Waals surface area contributed by atoms with Crippen LogP contribution in [0.3, 0.4) is 0 Å². The third kappa shape index (κ3) is 9.31. The van der Waals surface area contributed by atoms with Crippen molar-refractivity contribution < 1.29 is 39.4 Å². The van der Waals surface area contributed by atoms with Crippen LogP contribution in [0.25, 0.3) is 11.1 Å². The molecule has 1 aliphatic rings. The maximum atomic E-state index is 14.7. The summed E-state index contributed by atoms with van der Waals surface area (Å²) in [6.45, 7) is 2.43. The highest BCUT2D eigenvalue weighted by Crippen LogP contribution is 2.36. The Kier molecular flexibility index (Phi) is 13.2. The summed E-state index contributed by atoms with van der Waals surface area (Å²) >= 11 is 0. The summed E-state index contributed by atoms with van der Waals surface area (Å²) < 4.78 is 0. The Hall–Kier alpha value is -6.01. The van der Waals surface area contributed by atoms with Gasteiger partial charge in [0, 0.05) is 38.5 Å². The monoisotopic (exact) mass is 734 g/mol. The number of aliphatic carboxylic acids is 1. The van der Waals surface area contributed by atoms with Crippen molar-refractivity contribution in [3.8, 4) is 11.1 Å². The normalized spacial score (nSPS) is 17.0. The van der Waals surface area contributed by atoms with Crippen molar-refractivity contribution >= 4 is 29.8 Å². The largest absolute Gasteiger partial charge is 0.479 e. The zero-order valence-electron chi connectivity index (χ0n) is 30.2. The molecule has 282 valence electrons. The number of nitrogens with zero attached hydrogens (tertiary/aromatic N) is 2. The van der Waals surface area contributed by atoms with E-state index in [9.17, 15) is 39.4 Å². The standard InChI is InChI=1S/C42H46N4O8/c1-2-3-12-23-45(27-31-19-21-32(22-20-31)34-17-10-11-18-35(34)39(49)50)41(53)46-28-33(26-42(46,40(51)52)25-30-15-8-5-9-16-30)43-37(47)36(38(48)44-54)24-29-13-6-4-7-14-29/h4-11,13-22,33,36,54H,2-3,12,23-28H2,1H3,(H,43,47)(H,44,48)(H,49,50)(H,51,52). The second kappa shape index (κ2) is 18.2. The van der Waals surface area contributed by atoms with E-state index in [0.29, 0.717) is 35.2 Å². The van der Waals surface area contributed by atoms with E-state index in [2.05, 4.69) is 5.32 Å². The Labute approximate surface area is 314 Å². The van der Waals surface area contributed by atoms with Crippen molar-refractivity contribution in [2.24, 2.45) is 5.92 Å². The van der Waals surface area contributed by atoms with E-state index in [0.717, 1.165) is 18.4 Å². The lowest BCUT2D eigenvalue weighted by Gasteiger charge is -2.38. The molecule has 12 nitrogen and oxygen atoms in total. The molecule has 5 rings (SSSR count). The number of carboxylic acids is 2. The van der Waals surface area contributed by atoms with Crippen LogP contribution >= 0.6 is 0 Å². The zero-order chi connectivity index (χ0) is 38.7. The van der Waals surface area contributed by atoms with Crippen molar-refractivity contribution in [1.82, 2.24) is 20.6 Å². The van der Waals surface area contributed by atoms with Crippen molar-refractivity contribution in [2.75, 3.05) is 13.1 Å². The first kappa shape index (κ1) is 39.2. The third-order valence-electron chi connectivity index (χ3n) is 9.94.